The number of nitrogens with zero attached hydrogens (tertiary/aromatic N) is 3. The van der Waals surface area contributed by atoms with Gasteiger partial charge < -0.3 is 9.47 Å². The van der Waals surface area contributed by atoms with Gasteiger partial charge >= 0.3 is 0 Å². The third-order valence-electron chi connectivity index (χ3n) is 4.15. The van der Waals surface area contributed by atoms with Crippen LogP contribution in [0, 0.1) is 12.7 Å². The summed E-state index contributed by atoms with van der Waals surface area (Å²) in [6.45, 7) is 3.91. The predicted molar refractivity (Wildman–Crippen MR) is 93.0 cm³/mol. The number of H-pyrrole nitrogens is 1. The molecule has 2 aromatic carbocycles. The quantitative estimate of drug-likeness (QED) is 0.737. The van der Waals surface area contributed by atoms with Gasteiger partial charge in [-0.15, -0.1) is 0 Å². The van der Waals surface area contributed by atoms with Gasteiger partial charge in [-0.05, 0) is 42.3 Å². The smallest absolute Gasteiger partial charge is 0.231 e. The number of hydrogen-bond acceptors (Lipinski definition) is 5. The van der Waals surface area contributed by atoms with E-state index in [4.69, 9.17) is 9.47 Å². The molecule has 0 bridgehead atoms. The molecule has 0 saturated carbocycles. The predicted octanol–water partition coefficient (Wildman–Crippen LogP) is 3.18. The zero-order chi connectivity index (χ0) is 17.9. The number of hydrogen-bond donors (Lipinski definition) is 1. The summed E-state index contributed by atoms with van der Waals surface area (Å²) >= 11 is 0. The summed E-state index contributed by atoms with van der Waals surface area (Å²) in [6.07, 6.45) is 0. The molecule has 26 heavy (non-hydrogen) atoms. The highest BCUT2D eigenvalue weighted by Crippen LogP contribution is 2.33. The number of ether oxygens (including phenoxy) is 2. The van der Waals surface area contributed by atoms with E-state index in [9.17, 15) is 4.39 Å². The van der Waals surface area contributed by atoms with Gasteiger partial charge in [0.2, 0.25) is 6.79 Å². The Bertz CT molecular complexity index is 912. The van der Waals surface area contributed by atoms with E-state index < -0.39 is 0 Å². The number of aryl methyl sites for hydroxylation is 1. The fourth-order valence-electron chi connectivity index (χ4n) is 3.02. The highest BCUT2D eigenvalue weighted by Gasteiger charge is 2.16. The van der Waals surface area contributed by atoms with E-state index in [2.05, 4.69) is 20.1 Å². The van der Waals surface area contributed by atoms with Crippen molar-refractivity contribution in [3.05, 3.63) is 71.1 Å². The van der Waals surface area contributed by atoms with Crippen molar-refractivity contribution in [3.8, 4) is 11.5 Å². The molecule has 6 nitrogen and oxygen atoms in total. The van der Waals surface area contributed by atoms with Crippen LogP contribution in [0.2, 0.25) is 0 Å². The SMILES string of the molecule is Cc1nc(CN(Cc2cccc(F)c2)Cc2ccc3c(c2)OCO3)n[nH]1. The van der Waals surface area contributed by atoms with Gasteiger partial charge in [0.1, 0.15) is 11.6 Å². The van der Waals surface area contributed by atoms with E-state index >= 15 is 0 Å². The van der Waals surface area contributed by atoms with Crippen molar-refractivity contribution in [1.29, 1.82) is 0 Å². The van der Waals surface area contributed by atoms with Gasteiger partial charge in [0, 0.05) is 13.1 Å². The Morgan fingerprint density at radius 3 is 2.62 bits per heavy atom. The third-order valence-corrected chi connectivity index (χ3v) is 4.15. The Morgan fingerprint density at radius 1 is 1.04 bits per heavy atom. The highest BCUT2D eigenvalue weighted by molar-refractivity contribution is 5.44. The molecule has 1 aliphatic heterocycles. The second-order valence-corrected chi connectivity index (χ2v) is 6.30. The molecule has 0 fully saturated rings. The largest absolute Gasteiger partial charge is 0.454 e. The molecule has 0 unspecified atom stereocenters. The lowest BCUT2D eigenvalue weighted by Gasteiger charge is -2.21. The average molecular weight is 354 g/mol. The van der Waals surface area contributed by atoms with Crippen LogP contribution >= 0.6 is 0 Å². The van der Waals surface area contributed by atoms with Crippen LogP contribution < -0.4 is 9.47 Å². The maximum Gasteiger partial charge on any atom is 0.231 e. The third kappa shape index (κ3) is 3.83. The minimum absolute atomic E-state index is 0.237. The van der Waals surface area contributed by atoms with Crippen LogP contribution in [-0.4, -0.2) is 26.9 Å². The highest BCUT2D eigenvalue weighted by atomic mass is 19.1. The first-order valence-corrected chi connectivity index (χ1v) is 8.39. The Morgan fingerprint density at radius 2 is 1.85 bits per heavy atom. The summed E-state index contributed by atoms with van der Waals surface area (Å²) in [5, 5.41) is 7.08. The molecule has 134 valence electrons. The van der Waals surface area contributed by atoms with Gasteiger partial charge in [0.05, 0.1) is 6.54 Å². The second kappa shape index (κ2) is 7.13. The summed E-state index contributed by atoms with van der Waals surface area (Å²) in [5.74, 6) is 2.75. The Balaban J connectivity index is 1.55. The van der Waals surface area contributed by atoms with Crippen molar-refractivity contribution >= 4 is 0 Å². The van der Waals surface area contributed by atoms with Crippen molar-refractivity contribution in [2.75, 3.05) is 6.79 Å². The minimum atomic E-state index is -0.237. The number of benzene rings is 2. The number of aromatic nitrogens is 3. The molecule has 0 saturated heterocycles. The maximum absolute atomic E-state index is 13.5. The van der Waals surface area contributed by atoms with E-state index in [0.29, 0.717) is 25.5 Å². The Hall–Kier alpha value is -2.93. The van der Waals surface area contributed by atoms with Gasteiger partial charge in [-0.1, -0.05) is 18.2 Å². The van der Waals surface area contributed by atoms with Crippen LogP contribution in [0.1, 0.15) is 22.8 Å². The maximum atomic E-state index is 13.5. The zero-order valence-electron chi connectivity index (χ0n) is 14.4. The molecule has 1 N–H and O–H groups in total. The van der Waals surface area contributed by atoms with Gasteiger partial charge in [0.25, 0.3) is 0 Å². The van der Waals surface area contributed by atoms with Crippen molar-refractivity contribution in [2.45, 2.75) is 26.6 Å². The first-order chi connectivity index (χ1) is 12.7. The number of rotatable bonds is 6. The lowest BCUT2D eigenvalue weighted by atomic mass is 10.1. The molecule has 0 radical (unpaired) electrons. The van der Waals surface area contributed by atoms with Crippen molar-refractivity contribution in [2.24, 2.45) is 0 Å². The number of halogens is 1. The summed E-state index contributed by atoms with van der Waals surface area (Å²) in [7, 11) is 0. The van der Waals surface area contributed by atoms with Crippen LogP contribution in [0.25, 0.3) is 0 Å². The Kier molecular flexibility index (Phi) is 4.53. The van der Waals surface area contributed by atoms with Crippen molar-refractivity contribution < 1.29 is 13.9 Å². The van der Waals surface area contributed by atoms with Gasteiger partial charge in [0.15, 0.2) is 17.3 Å². The monoisotopic (exact) mass is 354 g/mol. The first kappa shape index (κ1) is 16.5. The summed E-state index contributed by atoms with van der Waals surface area (Å²) in [5.41, 5.74) is 1.98. The molecule has 4 rings (SSSR count). The molecule has 3 aromatic rings. The van der Waals surface area contributed by atoms with Crippen molar-refractivity contribution in [1.82, 2.24) is 20.1 Å². The molecular weight excluding hydrogens is 335 g/mol. The van der Waals surface area contributed by atoms with Crippen molar-refractivity contribution in [3.63, 3.8) is 0 Å². The van der Waals surface area contributed by atoms with E-state index in [1.807, 2.05) is 31.2 Å². The fourth-order valence-corrected chi connectivity index (χ4v) is 3.02. The molecule has 0 atom stereocenters. The molecule has 1 aromatic heterocycles. The fraction of sp³-hybridized carbons (Fsp3) is 0.263. The van der Waals surface area contributed by atoms with Crippen LogP contribution in [-0.2, 0) is 19.6 Å². The van der Waals surface area contributed by atoms with Crippen LogP contribution in [0.5, 0.6) is 11.5 Å². The summed E-state index contributed by atoms with van der Waals surface area (Å²) in [6, 6.07) is 12.5. The lowest BCUT2D eigenvalue weighted by molar-refractivity contribution is 0.174. The summed E-state index contributed by atoms with van der Waals surface area (Å²) in [4.78, 5) is 6.54. The molecule has 2 heterocycles. The van der Waals surface area contributed by atoms with Crippen LogP contribution in [0.15, 0.2) is 42.5 Å². The van der Waals surface area contributed by atoms with E-state index in [1.165, 1.54) is 6.07 Å². The number of nitrogens with one attached hydrogen (secondary N) is 1. The van der Waals surface area contributed by atoms with E-state index in [-0.39, 0.29) is 12.6 Å². The molecule has 0 amide bonds. The van der Waals surface area contributed by atoms with Crippen LogP contribution in [0.4, 0.5) is 4.39 Å². The second-order valence-electron chi connectivity index (χ2n) is 6.30. The standard InChI is InChI=1S/C19H19FN4O2/c1-13-21-19(23-22-13)11-24(9-14-3-2-4-16(20)7-14)10-15-5-6-17-18(8-15)26-12-25-17/h2-8H,9-12H2,1H3,(H,21,22,23). The zero-order valence-corrected chi connectivity index (χ0v) is 14.4. The molecule has 7 heteroatoms. The molecule has 0 spiro atoms. The Labute approximate surface area is 150 Å². The molecule has 1 aliphatic rings. The minimum Gasteiger partial charge on any atom is -0.454 e. The van der Waals surface area contributed by atoms with E-state index in [0.717, 1.165) is 28.5 Å². The van der Waals surface area contributed by atoms with Gasteiger partial charge in [-0.25, -0.2) is 9.37 Å². The molecular formula is C19H19FN4O2. The summed E-state index contributed by atoms with van der Waals surface area (Å²) < 4.78 is 24.4. The van der Waals surface area contributed by atoms with E-state index in [1.54, 1.807) is 12.1 Å². The van der Waals surface area contributed by atoms with Gasteiger partial charge in [-0.2, -0.15) is 5.10 Å². The van der Waals surface area contributed by atoms with Crippen LogP contribution in [0.3, 0.4) is 0 Å². The number of aromatic amines is 1. The molecule has 0 aliphatic carbocycles. The average Bonchev–Trinajstić information content (AvgIpc) is 3.23. The normalized spacial score (nSPS) is 12.7. The first-order valence-electron chi connectivity index (χ1n) is 8.39. The lowest BCUT2D eigenvalue weighted by Crippen LogP contribution is -2.23. The van der Waals surface area contributed by atoms with Gasteiger partial charge in [-0.3, -0.25) is 10.00 Å². The number of fused-ring (bicyclic) bond motifs is 1. The topological polar surface area (TPSA) is 63.3 Å².